The third-order valence-electron chi connectivity index (χ3n) is 5.02. The van der Waals surface area contributed by atoms with Gasteiger partial charge in [0.1, 0.15) is 5.60 Å². The maximum atomic E-state index is 12.9. The molecule has 2 bridgehead atoms. The van der Waals surface area contributed by atoms with Crippen molar-refractivity contribution in [3.05, 3.63) is 42.0 Å². The Kier molecular flexibility index (Phi) is 3.52. The molecule has 0 aliphatic carbocycles. The van der Waals surface area contributed by atoms with Crippen LogP contribution in [0.15, 0.2) is 36.4 Å². The van der Waals surface area contributed by atoms with Crippen molar-refractivity contribution in [2.24, 2.45) is 11.8 Å². The van der Waals surface area contributed by atoms with Crippen molar-refractivity contribution >= 4 is 23.5 Å². The number of hydrogen-bond acceptors (Lipinski definition) is 6. The monoisotopic (exact) mass is 343 g/mol. The first-order chi connectivity index (χ1) is 12.0. The molecule has 0 spiro atoms. The molecule has 7 heteroatoms. The first kappa shape index (κ1) is 16.0. The van der Waals surface area contributed by atoms with Gasteiger partial charge in [-0.25, -0.2) is 9.69 Å². The molecule has 4 unspecified atom stereocenters. The molecule has 1 N–H and O–H groups in total. The molecule has 0 radical (unpaired) electrons. The average molecular weight is 343 g/mol. The number of aliphatic hydroxyl groups is 1. The van der Waals surface area contributed by atoms with Crippen LogP contribution in [0.1, 0.15) is 17.3 Å². The van der Waals surface area contributed by atoms with Crippen LogP contribution in [0, 0.1) is 11.8 Å². The van der Waals surface area contributed by atoms with E-state index in [1.54, 1.807) is 37.3 Å². The van der Waals surface area contributed by atoms with Gasteiger partial charge in [0.05, 0.1) is 42.4 Å². The Hall–Kier alpha value is -2.51. The number of fused-ring (bicyclic) bond motifs is 5. The lowest BCUT2D eigenvalue weighted by Gasteiger charge is -2.26. The lowest BCUT2D eigenvalue weighted by Crippen LogP contribution is -2.43. The quantitative estimate of drug-likeness (QED) is 0.491. The van der Waals surface area contributed by atoms with Crippen LogP contribution in [0.25, 0.3) is 0 Å². The van der Waals surface area contributed by atoms with Crippen molar-refractivity contribution in [2.45, 2.75) is 18.6 Å². The van der Waals surface area contributed by atoms with Crippen LogP contribution in [-0.2, 0) is 19.1 Å². The van der Waals surface area contributed by atoms with Crippen molar-refractivity contribution < 1.29 is 29.0 Å². The van der Waals surface area contributed by atoms with E-state index >= 15 is 0 Å². The number of imide groups is 1. The van der Waals surface area contributed by atoms with Crippen molar-refractivity contribution in [1.29, 1.82) is 0 Å². The third kappa shape index (κ3) is 2.09. The van der Waals surface area contributed by atoms with E-state index in [2.05, 4.69) is 0 Å². The highest BCUT2D eigenvalue weighted by Gasteiger charge is 2.67. The number of anilines is 1. The lowest BCUT2D eigenvalue weighted by molar-refractivity contribution is -0.128. The van der Waals surface area contributed by atoms with Gasteiger partial charge < -0.3 is 14.6 Å². The van der Waals surface area contributed by atoms with Gasteiger partial charge in [0.25, 0.3) is 0 Å². The van der Waals surface area contributed by atoms with Gasteiger partial charge in [-0.05, 0) is 25.1 Å². The highest BCUT2D eigenvalue weighted by atomic mass is 16.5. The van der Waals surface area contributed by atoms with E-state index in [0.717, 1.165) is 4.90 Å². The smallest absolute Gasteiger partial charge is 0.338 e. The Bertz CT molecular complexity index is 803. The van der Waals surface area contributed by atoms with E-state index < -0.39 is 35.4 Å². The summed E-state index contributed by atoms with van der Waals surface area (Å²) in [5.41, 5.74) is -0.538. The summed E-state index contributed by atoms with van der Waals surface area (Å²) in [5.74, 6) is -2.69. The fraction of sp³-hybridized carbons (Fsp3) is 0.389. The largest absolute Gasteiger partial charge is 0.462 e. The highest BCUT2D eigenvalue weighted by molar-refractivity contribution is 6.23. The first-order valence-corrected chi connectivity index (χ1v) is 8.15. The molecule has 130 valence electrons. The van der Waals surface area contributed by atoms with Gasteiger partial charge in [-0.1, -0.05) is 18.2 Å². The topological polar surface area (TPSA) is 93.1 Å². The molecular formula is C18H17NO6. The number of hydrogen-bond donors (Lipinski definition) is 1. The summed E-state index contributed by atoms with van der Waals surface area (Å²) >= 11 is 0. The summed E-state index contributed by atoms with van der Waals surface area (Å²) in [4.78, 5) is 38.8. The maximum Gasteiger partial charge on any atom is 0.338 e. The van der Waals surface area contributed by atoms with Crippen LogP contribution in [0.5, 0.6) is 0 Å². The zero-order valence-electron chi connectivity index (χ0n) is 13.5. The molecule has 4 rings (SSSR count). The molecule has 1 aromatic carbocycles. The van der Waals surface area contributed by atoms with Gasteiger partial charge in [0, 0.05) is 0 Å². The van der Waals surface area contributed by atoms with Gasteiger partial charge in [-0.15, -0.1) is 0 Å². The van der Waals surface area contributed by atoms with Crippen LogP contribution in [0.2, 0.25) is 0 Å². The summed E-state index contributed by atoms with van der Waals surface area (Å²) in [7, 11) is 0. The minimum atomic E-state index is -1.13. The fourth-order valence-electron chi connectivity index (χ4n) is 3.92. The Morgan fingerprint density at radius 2 is 2.16 bits per heavy atom. The zero-order chi connectivity index (χ0) is 17.8. The zero-order valence-corrected chi connectivity index (χ0v) is 13.5. The van der Waals surface area contributed by atoms with Crippen molar-refractivity contribution in [1.82, 2.24) is 0 Å². The summed E-state index contributed by atoms with van der Waals surface area (Å²) in [6, 6.07) is 6.23. The maximum absolute atomic E-state index is 12.9. The van der Waals surface area contributed by atoms with Crippen molar-refractivity contribution in [3.63, 3.8) is 0 Å². The number of amides is 2. The van der Waals surface area contributed by atoms with Crippen LogP contribution in [0.3, 0.4) is 0 Å². The summed E-state index contributed by atoms with van der Waals surface area (Å²) in [5, 5.41) is 9.71. The number of carbonyl (C=O) groups excluding carboxylic acids is 3. The molecule has 4 atom stereocenters. The number of benzene rings is 1. The molecule has 25 heavy (non-hydrogen) atoms. The molecule has 2 amide bonds. The van der Waals surface area contributed by atoms with Gasteiger partial charge in [0.2, 0.25) is 11.8 Å². The molecule has 2 saturated heterocycles. The third-order valence-corrected chi connectivity index (χ3v) is 5.02. The molecule has 7 nitrogen and oxygen atoms in total. The van der Waals surface area contributed by atoms with E-state index in [1.165, 1.54) is 6.07 Å². The molecule has 3 heterocycles. The molecule has 1 aromatic rings. The van der Waals surface area contributed by atoms with Gasteiger partial charge in [-0.2, -0.15) is 0 Å². The molecule has 3 aliphatic rings. The van der Waals surface area contributed by atoms with Crippen LogP contribution < -0.4 is 4.90 Å². The Morgan fingerprint density at radius 3 is 2.88 bits per heavy atom. The number of ether oxygens (including phenoxy) is 2. The van der Waals surface area contributed by atoms with Crippen LogP contribution >= 0.6 is 0 Å². The molecule has 3 aliphatic heterocycles. The molecule has 2 fully saturated rings. The first-order valence-electron chi connectivity index (χ1n) is 8.15. The fourth-order valence-corrected chi connectivity index (χ4v) is 3.92. The van der Waals surface area contributed by atoms with Crippen molar-refractivity contribution in [3.8, 4) is 0 Å². The van der Waals surface area contributed by atoms with Gasteiger partial charge >= 0.3 is 5.97 Å². The minimum absolute atomic E-state index is 0.235. The lowest BCUT2D eigenvalue weighted by atomic mass is 9.77. The average Bonchev–Trinajstić information content (AvgIpc) is 3.26. The number of nitrogens with zero attached hydrogens (tertiary/aromatic N) is 1. The van der Waals surface area contributed by atoms with Crippen LogP contribution in [0.4, 0.5) is 5.69 Å². The Labute approximate surface area is 143 Å². The van der Waals surface area contributed by atoms with Gasteiger partial charge in [0.15, 0.2) is 0 Å². The van der Waals surface area contributed by atoms with Crippen LogP contribution in [-0.4, -0.2) is 47.8 Å². The van der Waals surface area contributed by atoms with Crippen molar-refractivity contribution in [2.75, 3.05) is 18.1 Å². The number of aliphatic hydroxyl groups excluding tert-OH is 1. The van der Waals surface area contributed by atoms with E-state index in [1.807, 2.05) is 0 Å². The summed E-state index contributed by atoms with van der Waals surface area (Å²) in [6.07, 6.45) is 2.88. The Morgan fingerprint density at radius 1 is 1.36 bits per heavy atom. The van der Waals surface area contributed by atoms with Gasteiger partial charge in [-0.3, -0.25) is 9.59 Å². The van der Waals surface area contributed by atoms with E-state index in [0.29, 0.717) is 5.69 Å². The summed E-state index contributed by atoms with van der Waals surface area (Å²) < 4.78 is 10.7. The normalized spacial score (nSPS) is 32.4. The molecular weight excluding hydrogens is 326 g/mol. The molecule has 0 saturated carbocycles. The number of esters is 1. The van der Waals surface area contributed by atoms with E-state index in [4.69, 9.17) is 9.47 Å². The number of carbonyl (C=O) groups is 3. The van der Waals surface area contributed by atoms with E-state index in [-0.39, 0.29) is 24.7 Å². The second-order valence-corrected chi connectivity index (χ2v) is 6.34. The standard InChI is InChI=1S/C18H17NO6/c1-2-24-17(23)10-4-3-5-11(8-10)19-15(21)13-12-6-7-18(9-20,25-12)14(13)16(19)22/h3-8,12-14,20H,2,9H2,1H3. The Balaban J connectivity index is 1.70. The predicted molar refractivity (Wildman–Crippen MR) is 85.7 cm³/mol. The second kappa shape index (κ2) is 5.50. The minimum Gasteiger partial charge on any atom is -0.462 e. The van der Waals surface area contributed by atoms with E-state index in [9.17, 15) is 19.5 Å². The molecule has 0 aromatic heterocycles. The predicted octanol–water partition coefficient (Wildman–Crippen LogP) is 0.669. The number of rotatable bonds is 4. The second-order valence-electron chi connectivity index (χ2n) is 6.34. The summed E-state index contributed by atoms with van der Waals surface area (Å²) in [6.45, 7) is 1.57. The highest BCUT2D eigenvalue weighted by Crippen LogP contribution is 2.52. The SMILES string of the molecule is CCOC(=O)c1cccc(N2C(=O)C3C4C=CC(CO)(O4)C3C2=O)c1.